The van der Waals surface area contributed by atoms with Crippen LogP contribution in [0.25, 0.3) is 0 Å². The predicted octanol–water partition coefficient (Wildman–Crippen LogP) is 1.45. The molecule has 0 bridgehead atoms. The van der Waals surface area contributed by atoms with E-state index in [1.165, 1.54) is 0 Å². The Bertz CT molecular complexity index is 349. The number of nitrogens with one attached hydrogen (secondary N) is 2. The molecule has 1 rings (SSSR count). The third-order valence-electron chi connectivity index (χ3n) is 2.64. The fourth-order valence-corrected chi connectivity index (χ4v) is 1.82. The van der Waals surface area contributed by atoms with Gasteiger partial charge >= 0.3 is 0 Å². The van der Waals surface area contributed by atoms with Gasteiger partial charge in [-0.1, -0.05) is 0 Å². The number of ether oxygens (including phenoxy) is 2. The molecule has 0 aliphatic carbocycles. The summed E-state index contributed by atoms with van der Waals surface area (Å²) in [5, 5.41) is 6.38. The van der Waals surface area contributed by atoms with Gasteiger partial charge in [-0.2, -0.15) is 0 Å². The molecule has 1 aromatic rings. The molecule has 0 radical (unpaired) electrons. The van der Waals surface area contributed by atoms with Crippen LogP contribution in [0.5, 0.6) is 11.5 Å². The van der Waals surface area contributed by atoms with E-state index in [1.807, 2.05) is 33.2 Å². The molecule has 0 saturated heterocycles. The first-order chi connectivity index (χ1) is 7.67. The van der Waals surface area contributed by atoms with Crippen molar-refractivity contribution in [2.45, 2.75) is 13.1 Å². The van der Waals surface area contributed by atoms with Gasteiger partial charge in [-0.25, -0.2) is 0 Å². The monoisotopic (exact) mass is 224 g/mol. The fraction of sp³-hybridized carbons (Fsp3) is 0.500. The van der Waals surface area contributed by atoms with Gasteiger partial charge in [-0.15, -0.1) is 0 Å². The Morgan fingerprint density at radius 1 is 1.06 bits per heavy atom. The maximum atomic E-state index is 5.39. The van der Waals surface area contributed by atoms with Gasteiger partial charge in [0.25, 0.3) is 0 Å². The van der Waals surface area contributed by atoms with Crippen molar-refractivity contribution in [3.05, 3.63) is 23.3 Å². The van der Waals surface area contributed by atoms with E-state index in [4.69, 9.17) is 9.47 Å². The first-order valence-corrected chi connectivity index (χ1v) is 5.25. The molecule has 0 fully saturated rings. The minimum atomic E-state index is 0.0702. The summed E-state index contributed by atoms with van der Waals surface area (Å²) in [6.07, 6.45) is 0.0702. The summed E-state index contributed by atoms with van der Waals surface area (Å²) in [4.78, 5) is 0. The Morgan fingerprint density at radius 2 is 1.69 bits per heavy atom. The van der Waals surface area contributed by atoms with E-state index >= 15 is 0 Å². The van der Waals surface area contributed by atoms with Crippen LogP contribution < -0.4 is 20.1 Å². The van der Waals surface area contributed by atoms with E-state index in [2.05, 4.69) is 10.6 Å². The molecule has 0 amide bonds. The first kappa shape index (κ1) is 12.8. The highest BCUT2D eigenvalue weighted by atomic mass is 16.5. The van der Waals surface area contributed by atoms with Crippen LogP contribution in [0.15, 0.2) is 12.1 Å². The van der Waals surface area contributed by atoms with Gasteiger partial charge in [0.1, 0.15) is 11.5 Å². The van der Waals surface area contributed by atoms with Gasteiger partial charge in [0.2, 0.25) is 0 Å². The molecule has 4 nitrogen and oxygen atoms in total. The number of hydrogen-bond acceptors (Lipinski definition) is 4. The zero-order valence-corrected chi connectivity index (χ0v) is 10.5. The third kappa shape index (κ3) is 2.46. The van der Waals surface area contributed by atoms with Crippen LogP contribution in [0.4, 0.5) is 0 Å². The van der Waals surface area contributed by atoms with Crippen molar-refractivity contribution in [2.75, 3.05) is 28.3 Å². The predicted molar refractivity (Wildman–Crippen MR) is 65.1 cm³/mol. The Labute approximate surface area is 96.9 Å². The Hall–Kier alpha value is -1.26. The second kappa shape index (κ2) is 5.72. The van der Waals surface area contributed by atoms with Crippen LogP contribution in [0.2, 0.25) is 0 Å². The molecule has 1 aromatic carbocycles. The fourth-order valence-electron chi connectivity index (χ4n) is 1.82. The Morgan fingerprint density at radius 3 is 2.12 bits per heavy atom. The van der Waals surface area contributed by atoms with Crippen molar-refractivity contribution >= 4 is 0 Å². The second-order valence-electron chi connectivity index (χ2n) is 3.57. The molecule has 0 aromatic heterocycles. The van der Waals surface area contributed by atoms with Gasteiger partial charge in [0.15, 0.2) is 0 Å². The number of aryl methyl sites for hydroxylation is 1. The molecule has 0 unspecified atom stereocenters. The van der Waals surface area contributed by atoms with E-state index in [0.29, 0.717) is 0 Å². The minimum Gasteiger partial charge on any atom is -0.497 e. The summed E-state index contributed by atoms with van der Waals surface area (Å²) in [6.45, 7) is 2.04. The van der Waals surface area contributed by atoms with Crippen LogP contribution in [-0.2, 0) is 0 Å². The number of hydrogen-bond donors (Lipinski definition) is 2. The molecule has 90 valence electrons. The highest BCUT2D eigenvalue weighted by Crippen LogP contribution is 2.31. The van der Waals surface area contributed by atoms with Gasteiger partial charge in [-0.05, 0) is 32.6 Å². The lowest BCUT2D eigenvalue weighted by molar-refractivity contribution is 0.380. The van der Waals surface area contributed by atoms with Gasteiger partial charge in [0.05, 0.1) is 20.4 Å². The van der Waals surface area contributed by atoms with Crippen LogP contribution >= 0.6 is 0 Å². The quantitative estimate of drug-likeness (QED) is 0.743. The van der Waals surface area contributed by atoms with Crippen molar-refractivity contribution in [1.82, 2.24) is 10.6 Å². The average molecular weight is 224 g/mol. The van der Waals surface area contributed by atoms with Gasteiger partial charge < -0.3 is 20.1 Å². The lowest BCUT2D eigenvalue weighted by atomic mass is 10.0. The first-order valence-electron chi connectivity index (χ1n) is 5.25. The Kier molecular flexibility index (Phi) is 4.58. The molecule has 4 heteroatoms. The highest BCUT2D eigenvalue weighted by molar-refractivity contribution is 5.47. The molecule has 0 atom stereocenters. The second-order valence-corrected chi connectivity index (χ2v) is 3.57. The maximum absolute atomic E-state index is 5.39. The third-order valence-corrected chi connectivity index (χ3v) is 2.64. The van der Waals surface area contributed by atoms with E-state index in [0.717, 1.165) is 22.6 Å². The molecule has 2 N–H and O–H groups in total. The lowest BCUT2D eigenvalue weighted by Crippen LogP contribution is -2.29. The van der Waals surface area contributed by atoms with Crippen molar-refractivity contribution in [3.63, 3.8) is 0 Å². The summed E-state index contributed by atoms with van der Waals surface area (Å²) in [6, 6.07) is 3.89. The summed E-state index contributed by atoms with van der Waals surface area (Å²) < 4.78 is 10.6. The standard InChI is InChI=1S/C12H20N2O2/c1-8-6-9(15-4)7-10(16-5)11(8)12(13-2)14-3/h6-7,12-14H,1-5H3. The van der Waals surface area contributed by atoms with Crippen molar-refractivity contribution < 1.29 is 9.47 Å². The molecule has 0 spiro atoms. The molecule has 0 saturated carbocycles. The zero-order valence-electron chi connectivity index (χ0n) is 10.5. The molecule has 0 heterocycles. The minimum absolute atomic E-state index is 0.0702. The highest BCUT2D eigenvalue weighted by Gasteiger charge is 2.16. The van der Waals surface area contributed by atoms with E-state index < -0.39 is 0 Å². The van der Waals surface area contributed by atoms with Crippen LogP contribution in [0.1, 0.15) is 17.3 Å². The van der Waals surface area contributed by atoms with Crippen LogP contribution in [0.3, 0.4) is 0 Å². The number of benzene rings is 1. The van der Waals surface area contributed by atoms with Crippen LogP contribution in [0, 0.1) is 6.92 Å². The molecular formula is C12H20N2O2. The molecule has 16 heavy (non-hydrogen) atoms. The summed E-state index contributed by atoms with van der Waals surface area (Å²) in [7, 11) is 7.14. The molecule has 0 aliphatic rings. The van der Waals surface area contributed by atoms with Crippen LogP contribution in [-0.4, -0.2) is 28.3 Å². The smallest absolute Gasteiger partial charge is 0.128 e. The van der Waals surface area contributed by atoms with Crippen molar-refractivity contribution in [1.29, 1.82) is 0 Å². The largest absolute Gasteiger partial charge is 0.497 e. The molecular weight excluding hydrogens is 204 g/mol. The van der Waals surface area contributed by atoms with Crippen molar-refractivity contribution in [2.24, 2.45) is 0 Å². The molecule has 0 aliphatic heterocycles. The number of methoxy groups -OCH3 is 2. The maximum Gasteiger partial charge on any atom is 0.128 e. The topological polar surface area (TPSA) is 42.5 Å². The van der Waals surface area contributed by atoms with Gasteiger partial charge in [-0.3, -0.25) is 0 Å². The lowest BCUT2D eigenvalue weighted by Gasteiger charge is -2.21. The van der Waals surface area contributed by atoms with E-state index in [-0.39, 0.29) is 6.17 Å². The number of rotatable bonds is 5. The van der Waals surface area contributed by atoms with Crippen molar-refractivity contribution in [3.8, 4) is 11.5 Å². The normalized spacial score (nSPS) is 10.6. The summed E-state index contributed by atoms with van der Waals surface area (Å²) in [5.41, 5.74) is 2.23. The zero-order chi connectivity index (χ0) is 12.1. The van der Waals surface area contributed by atoms with E-state index in [1.54, 1.807) is 14.2 Å². The van der Waals surface area contributed by atoms with E-state index in [9.17, 15) is 0 Å². The average Bonchev–Trinajstić information content (AvgIpc) is 2.31. The van der Waals surface area contributed by atoms with Gasteiger partial charge in [0, 0.05) is 11.6 Å². The Balaban J connectivity index is 3.25. The summed E-state index contributed by atoms with van der Waals surface area (Å²) in [5.74, 6) is 1.63. The summed E-state index contributed by atoms with van der Waals surface area (Å²) >= 11 is 0. The SMILES string of the molecule is CNC(NC)c1c(C)cc(OC)cc1OC.